The summed E-state index contributed by atoms with van der Waals surface area (Å²) in [4.78, 5) is 15.1. The van der Waals surface area contributed by atoms with Gasteiger partial charge in [0.15, 0.2) is 0 Å². The molecule has 158 valence electrons. The Morgan fingerprint density at radius 2 is 2.07 bits per heavy atom. The zero-order valence-corrected chi connectivity index (χ0v) is 18.2. The fourth-order valence-electron chi connectivity index (χ4n) is 4.23. The molecule has 0 saturated carbocycles. The van der Waals surface area contributed by atoms with E-state index < -0.39 is 0 Å². The van der Waals surface area contributed by atoms with E-state index in [0.29, 0.717) is 18.3 Å². The number of aromatic nitrogens is 2. The van der Waals surface area contributed by atoms with Crippen LogP contribution in [0.25, 0.3) is 0 Å². The van der Waals surface area contributed by atoms with Gasteiger partial charge in [0.25, 0.3) is 5.91 Å². The van der Waals surface area contributed by atoms with E-state index in [2.05, 4.69) is 58.7 Å². The minimum atomic E-state index is -0.112. The van der Waals surface area contributed by atoms with Gasteiger partial charge in [-0.2, -0.15) is 5.10 Å². The standard InChI is InChI=1S/C22H31N5O.ClH/c1-22(2,26-12-9-17-6-3-4-7-18(17)15-26)16-24-21(28)20-10-13-27(25-20)19-8-5-11-23-14-19;/h3-4,6-7,10,13,19,23H,5,8-9,11-12,14-16H2,1-2H3,(H,24,28);1H. The van der Waals surface area contributed by atoms with Crippen LogP contribution in [-0.4, -0.2) is 52.3 Å². The molecule has 1 fully saturated rings. The molecular weight excluding hydrogens is 386 g/mol. The lowest BCUT2D eigenvalue weighted by molar-refractivity contribution is 0.0821. The molecule has 1 unspecified atom stereocenters. The number of halogens is 1. The Bertz CT molecular complexity index is 828. The zero-order chi connectivity index (χ0) is 19.6. The van der Waals surface area contributed by atoms with Crippen LogP contribution in [-0.2, 0) is 13.0 Å². The number of hydrogen-bond donors (Lipinski definition) is 2. The van der Waals surface area contributed by atoms with Crippen molar-refractivity contribution in [2.24, 2.45) is 0 Å². The monoisotopic (exact) mass is 417 g/mol. The summed E-state index contributed by atoms with van der Waals surface area (Å²) in [6.07, 6.45) is 5.26. The van der Waals surface area contributed by atoms with Gasteiger partial charge in [-0.3, -0.25) is 14.4 Å². The van der Waals surface area contributed by atoms with Crippen molar-refractivity contribution in [1.29, 1.82) is 0 Å². The first-order chi connectivity index (χ1) is 13.5. The van der Waals surface area contributed by atoms with Crippen molar-refractivity contribution < 1.29 is 4.79 Å². The van der Waals surface area contributed by atoms with E-state index in [-0.39, 0.29) is 23.9 Å². The number of nitrogens with one attached hydrogen (secondary N) is 2. The van der Waals surface area contributed by atoms with E-state index >= 15 is 0 Å². The van der Waals surface area contributed by atoms with Crippen molar-refractivity contribution in [1.82, 2.24) is 25.3 Å². The van der Waals surface area contributed by atoms with Gasteiger partial charge in [-0.1, -0.05) is 24.3 Å². The third-order valence-electron chi connectivity index (χ3n) is 6.15. The van der Waals surface area contributed by atoms with Crippen LogP contribution >= 0.6 is 12.4 Å². The third kappa shape index (κ3) is 5.00. The lowest BCUT2D eigenvalue weighted by Gasteiger charge is -2.41. The molecule has 4 rings (SSSR count). The van der Waals surface area contributed by atoms with Crippen molar-refractivity contribution >= 4 is 18.3 Å². The number of hydrogen-bond acceptors (Lipinski definition) is 4. The van der Waals surface area contributed by atoms with Crippen molar-refractivity contribution in [2.45, 2.75) is 51.2 Å². The fraction of sp³-hybridized carbons (Fsp3) is 0.545. The number of piperidine rings is 1. The molecule has 1 amide bonds. The van der Waals surface area contributed by atoms with E-state index in [4.69, 9.17) is 0 Å². The van der Waals surface area contributed by atoms with Crippen LogP contribution in [0.3, 0.4) is 0 Å². The van der Waals surface area contributed by atoms with Crippen molar-refractivity contribution in [3.05, 3.63) is 53.3 Å². The molecule has 1 aromatic heterocycles. The minimum Gasteiger partial charge on any atom is -0.349 e. The van der Waals surface area contributed by atoms with Gasteiger partial charge in [-0.15, -0.1) is 12.4 Å². The normalized spacial score (nSPS) is 19.9. The van der Waals surface area contributed by atoms with Crippen LogP contribution in [0.15, 0.2) is 36.5 Å². The highest BCUT2D eigenvalue weighted by Gasteiger charge is 2.30. The van der Waals surface area contributed by atoms with E-state index in [1.54, 1.807) is 0 Å². The first-order valence-corrected chi connectivity index (χ1v) is 10.4. The van der Waals surface area contributed by atoms with Crippen LogP contribution in [0, 0.1) is 0 Å². The maximum atomic E-state index is 12.6. The lowest BCUT2D eigenvalue weighted by Crippen LogP contribution is -2.53. The second kappa shape index (κ2) is 9.28. The molecule has 0 spiro atoms. The zero-order valence-electron chi connectivity index (χ0n) is 17.4. The Labute approximate surface area is 179 Å². The van der Waals surface area contributed by atoms with Crippen molar-refractivity contribution in [3.63, 3.8) is 0 Å². The number of rotatable bonds is 5. The van der Waals surface area contributed by atoms with Crippen LogP contribution in [0.5, 0.6) is 0 Å². The molecular formula is C22H32ClN5O. The molecule has 3 heterocycles. The molecule has 0 bridgehead atoms. The Hall–Kier alpha value is -1.89. The summed E-state index contributed by atoms with van der Waals surface area (Å²) in [6.45, 7) is 8.95. The van der Waals surface area contributed by atoms with Crippen LogP contribution in [0.4, 0.5) is 0 Å². The number of benzene rings is 1. The van der Waals surface area contributed by atoms with Gasteiger partial charge in [0.05, 0.1) is 6.04 Å². The minimum absolute atomic E-state index is 0. The second-order valence-corrected chi connectivity index (χ2v) is 8.62. The summed E-state index contributed by atoms with van der Waals surface area (Å²) in [5, 5.41) is 11.0. The van der Waals surface area contributed by atoms with E-state index in [1.807, 2.05) is 16.9 Å². The summed E-state index contributed by atoms with van der Waals surface area (Å²) >= 11 is 0. The molecule has 1 saturated heterocycles. The van der Waals surface area contributed by atoms with Gasteiger partial charge in [-0.05, 0) is 56.8 Å². The molecule has 29 heavy (non-hydrogen) atoms. The SMILES string of the molecule is CC(C)(CNC(=O)c1ccn(C2CCCNC2)n1)N1CCc2ccccc2C1.Cl. The second-order valence-electron chi connectivity index (χ2n) is 8.62. The fourth-order valence-corrected chi connectivity index (χ4v) is 4.23. The summed E-state index contributed by atoms with van der Waals surface area (Å²) in [5.74, 6) is -0.0898. The number of carbonyl (C=O) groups excluding carboxylic acids is 1. The smallest absolute Gasteiger partial charge is 0.271 e. The van der Waals surface area contributed by atoms with Gasteiger partial charge >= 0.3 is 0 Å². The largest absolute Gasteiger partial charge is 0.349 e. The van der Waals surface area contributed by atoms with E-state index in [9.17, 15) is 4.79 Å². The molecule has 7 heteroatoms. The molecule has 2 aromatic rings. The summed E-state index contributed by atoms with van der Waals surface area (Å²) in [7, 11) is 0. The van der Waals surface area contributed by atoms with E-state index in [1.165, 1.54) is 11.1 Å². The van der Waals surface area contributed by atoms with Gasteiger partial charge in [0.2, 0.25) is 0 Å². The Morgan fingerprint density at radius 1 is 1.28 bits per heavy atom. The third-order valence-corrected chi connectivity index (χ3v) is 6.15. The summed E-state index contributed by atoms with van der Waals surface area (Å²) in [6, 6.07) is 10.8. The quantitative estimate of drug-likeness (QED) is 0.785. The molecule has 0 aliphatic carbocycles. The molecule has 0 radical (unpaired) electrons. The maximum Gasteiger partial charge on any atom is 0.271 e. The van der Waals surface area contributed by atoms with Crippen LogP contribution in [0.2, 0.25) is 0 Å². The van der Waals surface area contributed by atoms with Crippen molar-refractivity contribution in [3.8, 4) is 0 Å². The molecule has 2 N–H and O–H groups in total. The van der Waals surface area contributed by atoms with Crippen LogP contribution < -0.4 is 10.6 Å². The number of carbonyl (C=O) groups is 1. The molecule has 6 nitrogen and oxygen atoms in total. The van der Waals surface area contributed by atoms with Gasteiger partial charge in [0.1, 0.15) is 5.69 Å². The highest BCUT2D eigenvalue weighted by atomic mass is 35.5. The first-order valence-electron chi connectivity index (χ1n) is 10.4. The highest BCUT2D eigenvalue weighted by molar-refractivity contribution is 5.92. The lowest BCUT2D eigenvalue weighted by atomic mass is 9.94. The Morgan fingerprint density at radius 3 is 2.83 bits per heavy atom. The Balaban J connectivity index is 0.00000240. The van der Waals surface area contributed by atoms with Crippen molar-refractivity contribution in [2.75, 3.05) is 26.2 Å². The van der Waals surface area contributed by atoms with E-state index in [0.717, 1.165) is 45.4 Å². The maximum absolute atomic E-state index is 12.6. The number of fused-ring (bicyclic) bond motifs is 1. The average molecular weight is 418 g/mol. The Kier molecular flexibility index (Phi) is 6.98. The summed E-state index contributed by atoms with van der Waals surface area (Å²) in [5.41, 5.74) is 3.23. The highest BCUT2D eigenvalue weighted by Crippen LogP contribution is 2.25. The number of nitrogens with zero attached hydrogens (tertiary/aromatic N) is 3. The molecule has 1 atom stereocenters. The summed E-state index contributed by atoms with van der Waals surface area (Å²) < 4.78 is 1.94. The van der Waals surface area contributed by atoms with Gasteiger partial charge < -0.3 is 10.6 Å². The topological polar surface area (TPSA) is 62.2 Å². The predicted molar refractivity (Wildman–Crippen MR) is 118 cm³/mol. The number of amides is 1. The molecule has 1 aromatic carbocycles. The predicted octanol–water partition coefficient (Wildman–Crippen LogP) is 2.80. The van der Waals surface area contributed by atoms with Gasteiger partial charge in [-0.25, -0.2) is 0 Å². The van der Waals surface area contributed by atoms with Crippen LogP contribution in [0.1, 0.15) is 54.3 Å². The first kappa shape index (κ1) is 21.8. The molecule has 2 aliphatic rings. The molecule has 2 aliphatic heterocycles. The van der Waals surface area contributed by atoms with Gasteiger partial charge in [0, 0.05) is 37.9 Å². The average Bonchev–Trinajstić information content (AvgIpc) is 3.23.